The summed E-state index contributed by atoms with van der Waals surface area (Å²) >= 11 is 0. The van der Waals surface area contributed by atoms with Crippen LogP contribution < -0.4 is 5.73 Å². The molecule has 0 bridgehead atoms. The van der Waals surface area contributed by atoms with Gasteiger partial charge in [0.1, 0.15) is 5.60 Å². The zero-order valence-corrected chi connectivity index (χ0v) is 8.13. The maximum Gasteiger partial charge on any atom is 0.161 e. The quantitative estimate of drug-likeness (QED) is 0.647. The molecule has 3 N–H and O–H groups in total. The fourth-order valence-electron chi connectivity index (χ4n) is 1.07. The number of hydrogen-bond donors (Lipinski definition) is 2. The van der Waals surface area contributed by atoms with Gasteiger partial charge in [0.15, 0.2) is 5.78 Å². The normalized spacial score (nSPS) is 18.4. The number of aliphatic hydroxyl groups is 1. The van der Waals surface area contributed by atoms with Gasteiger partial charge in [-0.15, -0.1) is 0 Å². The van der Waals surface area contributed by atoms with Crippen molar-refractivity contribution in [3.63, 3.8) is 0 Å². The minimum Gasteiger partial charge on any atom is -0.382 e. The third kappa shape index (κ3) is 3.32. The van der Waals surface area contributed by atoms with Crippen LogP contribution in [0.1, 0.15) is 40.0 Å². The number of Topliss-reactive ketones (excluding diaryl/α,β-unsaturated/α-hetero) is 1. The van der Waals surface area contributed by atoms with Gasteiger partial charge < -0.3 is 10.8 Å². The van der Waals surface area contributed by atoms with Crippen molar-refractivity contribution < 1.29 is 9.90 Å². The average molecular weight is 173 g/mol. The monoisotopic (exact) mass is 173 g/mol. The van der Waals surface area contributed by atoms with E-state index in [2.05, 4.69) is 0 Å². The van der Waals surface area contributed by atoms with E-state index in [1.165, 1.54) is 6.92 Å². The highest BCUT2D eigenvalue weighted by Crippen LogP contribution is 2.18. The Morgan fingerprint density at radius 2 is 2.17 bits per heavy atom. The highest BCUT2D eigenvalue weighted by atomic mass is 16.3. The van der Waals surface area contributed by atoms with Gasteiger partial charge in [-0.05, 0) is 33.1 Å². The number of nitrogens with two attached hydrogens (primary N) is 1. The van der Waals surface area contributed by atoms with Crippen LogP contribution in [-0.4, -0.2) is 22.5 Å². The molecule has 0 amide bonds. The molecule has 0 aliphatic heterocycles. The molecule has 0 rings (SSSR count). The van der Waals surface area contributed by atoms with Gasteiger partial charge in [-0.3, -0.25) is 4.79 Å². The average Bonchev–Trinajstić information content (AvgIpc) is 1.99. The third-order valence-electron chi connectivity index (χ3n) is 2.25. The first-order valence-corrected chi connectivity index (χ1v) is 4.41. The first-order valence-electron chi connectivity index (χ1n) is 4.41. The molecule has 0 spiro atoms. The Balaban J connectivity index is 4.06. The Hall–Kier alpha value is -0.410. The number of ketones is 1. The van der Waals surface area contributed by atoms with E-state index < -0.39 is 5.60 Å². The molecule has 3 nitrogen and oxygen atoms in total. The maximum atomic E-state index is 11.0. The van der Waals surface area contributed by atoms with Crippen molar-refractivity contribution in [2.45, 2.75) is 51.7 Å². The summed E-state index contributed by atoms with van der Waals surface area (Å²) in [4.78, 5) is 11.0. The van der Waals surface area contributed by atoms with Gasteiger partial charge >= 0.3 is 0 Å². The van der Waals surface area contributed by atoms with Crippen LogP contribution >= 0.6 is 0 Å². The molecule has 0 saturated heterocycles. The highest BCUT2D eigenvalue weighted by molar-refractivity contribution is 5.84. The van der Waals surface area contributed by atoms with Crippen molar-refractivity contribution in [2.75, 3.05) is 0 Å². The van der Waals surface area contributed by atoms with Crippen LogP contribution in [0.25, 0.3) is 0 Å². The summed E-state index contributed by atoms with van der Waals surface area (Å²) in [5.74, 6) is -0.161. The number of hydrogen-bond acceptors (Lipinski definition) is 3. The lowest BCUT2D eigenvalue weighted by atomic mass is 9.89. The lowest BCUT2D eigenvalue weighted by molar-refractivity contribution is -0.136. The SMILES string of the molecule is CCC(O)(CCC(C)N)C(C)=O. The fourth-order valence-corrected chi connectivity index (χ4v) is 1.07. The second-order valence-electron chi connectivity index (χ2n) is 3.46. The van der Waals surface area contributed by atoms with Crippen molar-refractivity contribution in [1.29, 1.82) is 0 Å². The zero-order valence-electron chi connectivity index (χ0n) is 8.13. The maximum absolute atomic E-state index is 11.0. The summed E-state index contributed by atoms with van der Waals surface area (Å²) in [7, 11) is 0. The van der Waals surface area contributed by atoms with E-state index in [0.717, 1.165) is 0 Å². The van der Waals surface area contributed by atoms with Crippen LogP contribution in [0.5, 0.6) is 0 Å². The Bertz CT molecular complexity index is 157. The summed E-state index contributed by atoms with van der Waals surface area (Å²) in [6.45, 7) is 5.10. The second kappa shape index (κ2) is 4.58. The lowest BCUT2D eigenvalue weighted by Gasteiger charge is -2.24. The third-order valence-corrected chi connectivity index (χ3v) is 2.25. The molecule has 3 heteroatoms. The Morgan fingerprint density at radius 3 is 2.42 bits per heavy atom. The molecule has 2 unspecified atom stereocenters. The van der Waals surface area contributed by atoms with Gasteiger partial charge in [0.25, 0.3) is 0 Å². The summed E-state index contributed by atoms with van der Waals surface area (Å²) in [6, 6.07) is 0.0439. The van der Waals surface area contributed by atoms with E-state index >= 15 is 0 Å². The van der Waals surface area contributed by atoms with Crippen LogP contribution in [0.2, 0.25) is 0 Å². The predicted octanol–water partition coefficient (Wildman–Crippen LogP) is 0.844. The molecule has 0 radical (unpaired) electrons. The smallest absolute Gasteiger partial charge is 0.161 e. The molecular formula is C9H19NO2. The topological polar surface area (TPSA) is 63.3 Å². The minimum atomic E-state index is -1.15. The van der Waals surface area contributed by atoms with Crippen molar-refractivity contribution in [3.8, 4) is 0 Å². The molecule has 72 valence electrons. The summed E-state index contributed by atoms with van der Waals surface area (Å²) in [5, 5.41) is 9.74. The molecule has 0 aliphatic carbocycles. The van der Waals surface area contributed by atoms with E-state index in [1.54, 1.807) is 0 Å². The first kappa shape index (κ1) is 11.6. The van der Waals surface area contributed by atoms with Gasteiger partial charge in [-0.2, -0.15) is 0 Å². The van der Waals surface area contributed by atoms with Crippen molar-refractivity contribution in [2.24, 2.45) is 5.73 Å². The number of carbonyl (C=O) groups is 1. The van der Waals surface area contributed by atoms with Crippen LogP contribution in [0, 0.1) is 0 Å². The largest absolute Gasteiger partial charge is 0.382 e. The molecule has 12 heavy (non-hydrogen) atoms. The van der Waals surface area contributed by atoms with E-state index in [9.17, 15) is 9.90 Å². The molecule has 2 atom stereocenters. The molecule has 0 saturated carbocycles. The van der Waals surface area contributed by atoms with Gasteiger partial charge in [-0.1, -0.05) is 6.92 Å². The summed E-state index contributed by atoms with van der Waals surface area (Å²) in [6.07, 6.45) is 1.62. The summed E-state index contributed by atoms with van der Waals surface area (Å²) in [5.41, 5.74) is 4.39. The Labute approximate surface area is 74.0 Å². The van der Waals surface area contributed by atoms with Crippen molar-refractivity contribution >= 4 is 5.78 Å². The van der Waals surface area contributed by atoms with E-state index in [0.29, 0.717) is 19.3 Å². The molecule has 0 fully saturated rings. The van der Waals surface area contributed by atoms with Crippen molar-refractivity contribution in [1.82, 2.24) is 0 Å². The number of rotatable bonds is 5. The van der Waals surface area contributed by atoms with E-state index in [1.807, 2.05) is 13.8 Å². The Kier molecular flexibility index (Phi) is 4.42. The standard InChI is InChI=1S/C9H19NO2/c1-4-9(12,8(3)11)6-5-7(2)10/h7,12H,4-6,10H2,1-3H3. The lowest BCUT2D eigenvalue weighted by Crippen LogP contribution is -2.37. The summed E-state index contributed by atoms with van der Waals surface area (Å²) < 4.78 is 0. The minimum absolute atomic E-state index is 0.0439. The van der Waals surface area contributed by atoms with Crippen LogP contribution in [0.3, 0.4) is 0 Å². The van der Waals surface area contributed by atoms with Gasteiger partial charge in [0.2, 0.25) is 0 Å². The van der Waals surface area contributed by atoms with Crippen molar-refractivity contribution in [3.05, 3.63) is 0 Å². The van der Waals surface area contributed by atoms with Crippen LogP contribution in [-0.2, 0) is 4.79 Å². The molecule has 0 heterocycles. The van der Waals surface area contributed by atoms with E-state index in [-0.39, 0.29) is 11.8 Å². The predicted molar refractivity (Wildman–Crippen MR) is 48.8 cm³/mol. The molecule has 0 aliphatic rings. The van der Waals surface area contributed by atoms with Crippen LogP contribution in [0.4, 0.5) is 0 Å². The van der Waals surface area contributed by atoms with Gasteiger partial charge in [0.05, 0.1) is 0 Å². The van der Waals surface area contributed by atoms with Gasteiger partial charge in [-0.25, -0.2) is 0 Å². The zero-order chi connectivity index (χ0) is 9.78. The van der Waals surface area contributed by atoms with Gasteiger partial charge in [0, 0.05) is 6.04 Å². The molecular weight excluding hydrogens is 154 g/mol. The van der Waals surface area contributed by atoms with Crippen LogP contribution in [0.15, 0.2) is 0 Å². The molecule has 0 aromatic heterocycles. The molecule has 0 aromatic rings. The molecule has 0 aromatic carbocycles. The highest BCUT2D eigenvalue weighted by Gasteiger charge is 2.29. The second-order valence-corrected chi connectivity index (χ2v) is 3.46. The van der Waals surface area contributed by atoms with E-state index in [4.69, 9.17) is 5.73 Å². The Morgan fingerprint density at radius 1 is 1.67 bits per heavy atom. The number of carbonyl (C=O) groups excluding carboxylic acids is 1. The fraction of sp³-hybridized carbons (Fsp3) is 0.889. The first-order chi connectivity index (χ1) is 5.42.